The molecule has 1 amide bonds. The van der Waals surface area contributed by atoms with Gasteiger partial charge in [0.25, 0.3) is 0 Å². The van der Waals surface area contributed by atoms with Crippen molar-refractivity contribution in [2.75, 3.05) is 57.3 Å². The van der Waals surface area contributed by atoms with Crippen molar-refractivity contribution < 1.29 is 4.79 Å². The third kappa shape index (κ3) is 6.81. The van der Waals surface area contributed by atoms with Gasteiger partial charge in [0.15, 0.2) is 0 Å². The minimum absolute atomic E-state index is 0.138. The van der Waals surface area contributed by atoms with Gasteiger partial charge in [-0.1, -0.05) is 48.5 Å². The number of hydrogen-bond acceptors (Lipinski definition) is 4. The molecule has 32 heavy (non-hydrogen) atoms. The lowest BCUT2D eigenvalue weighted by Crippen LogP contribution is -2.46. The van der Waals surface area contributed by atoms with Crippen LogP contribution in [0.3, 0.4) is 0 Å². The van der Waals surface area contributed by atoms with Gasteiger partial charge in [0, 0.05) is 51.5 Å². The second kappa shape index (κ2) is 12.0. The third-order valence-electron chi connectivity index (χ3n) is 6.82. The fraction of sp³-hybridized carbons (Fsp3) is 0.519. The molecule has 0 aliphatic carbocycles. The number of piperidine rings is 1. The van der Waals surface area contributed by atoms with E-state index in [9.17, 15) is 4.79 Å². The maximum absolute atomic E-state index is 12.7. The molecule has 2 saturated heterocycles. The van der Waals surface area contributed by atoms with E-state index in [0.717, 1.165) is 84.6 Å². The van der Waals surface area contributed by atoms with Crippen LogP contribution in [-0.4, -0.2) is 68.1 Å². The van der Waals surface area contributed by atoms with E-state index in [1.54, 1.807) is 0 Å². The summed E-state index contributed by atoms with van der Waals surface area (Å²) in [6.07, 6.45) is 4.34. The van der Waals surface area contributed by atoms with Crippen molar-refractivity contribution in [1.29, 1.82) is 0 Å². The van der Waals surface area contributed by atoms with Gasteiger partial charge in [-0.15, -0.1) is 0 Å². The first kappa shape index (κ1) is 22.8. The Morgan fingerprint density at radius 1 is 0.844 bits per heavy atom. The van der Waals surface area contributed by atoms with E-state index in [1.165, 1.54) is 11.3 Å². The summed E-state index contributed by atoms with van der Waals surface area (Å²) in [4.78, 5) is 20.1. The van der Waals surface area contributed by atoms with Gasteiger partial charge in [0.05, 0.1) is 5.92 Å². The van der Waals surface area contributed by atoms with Gasteiger partial charge in [-0.05, 0) is 56.5 Å². The minimum atomic E-state index is 0.138. The molecular weight excluding hydrogens is 396 g/mol. The largest absolute Gasteiger partial charge is 0.369 e. The number of anilines is 1. The molecule has 0 spiro atoms. The van der Waals surface area contributed by atoms with Crippen molar-refractivity contribution in [3.63, 3.8) is 0 Å². The SMILES string of the molecule is O=C(NCCCCN1CCN(c2ccccc2)CC1)C1CCCN(Cc2ccccc2)C1. The van der Waals surface area contributed by atoms with Gasteiger partial charge in [-0.2, -0.15) is 0 Å². The number of hydrogen-bond donors (Lipinski definition) is 1. The van der Waals surface area contributed by atoms with Gasteiger partial charge in [0.1, 0.15) is 0 Å². The van der Waals surface area contributed by atoms with Crippen molar-refractivity contribution in [2.24, 2.45) is 5.92 Å². The first-order chi connectivity index (χ1) is 15.8. The van der Waals surface area contributed by atoms with Crippen LogP contribution in [0.4, 0.5) is 5.69 Å². The monoisotopic (exact) mass is 434 g/mol. The van der Waals surface area contributed by atoms with Gasteiger partial charge >= 0.3 is 0 Å². The predicted molar refractivity (Wildman–Crippen MR) is 132 cm³/mol. The quantitative estimate of drug-likeness (QED) is 0.612. The molecule has 5 nitrogen and oxygen atoms in total. The molecule has 2 aromatic rings. The highest BCUT2D eigenvalue weighted by Gasteiger charge is 2.25. The Bertz CT molecular complexity index is 805. The summed E-state index contributed by atoms with van der Waals surface area (Å²) in [6, 6.07) is 21.3. The molecule has 0 aromatic heterocycles. The first-order valence-corrected chi connectivity index (χ1v) is 12.3. The number of carbonyl (C=O) groups is 1. The van der Waals surface area contributed by atoms with E-state index in [4.69, 9.17) is 0 Å². The van der Waals surface area contributed by atoms with Crippen LogP contribution < -0.4 is 10.2 Å². The van der Waals surface area contributed by atoms with Crippen molar-refractivity contribution in [1.82, 2.24) is 15.1 Å². The highest BCUT2D eigenvalue weighted by molar-refractivity contribution is 5.78. The number of benzene rings is 2. The summed E-state index contributed by atoms with van der Waals surface area (Å²) >= 11 is 0. The van der Waals surface area contributed by atoms with Crippen LogP contribution in [-0.2, 0) is 11.3 Å². The lowest BCUT2D eigenvalue weighted by atomic mass is 9.96. The van der Waals surface area contributed by atoms with Gasteiger partial charge in [-0.3, -0.25) is 14.6 Å². The molecule has 2 aliphatic heterocycles. The van der Waals surface area contributed by atoms with Gasteiger partial charge in [0.2, 0.25) is 5.91 Å². The number of likely N-dealkylation sites (tertiary alicyclic amines) is 1. The second-order valence-corrected chi connectivity index (χ2v) is 9.22. The van der Waals surface area contributed by atoms with Crippen molar-refractivity contribution in [2.45, 2.75) is 32.2 Å². The van der Waals surface area contributed by atoms with Crippen LogP contribution in [0, 0.1) is 5.92 Å². The number of nitrogens with zero attached hydrogens (tertiary/aromatic N) is 3. The zero-order valence-corrected chi connectivity index (χ0v) is 19.3. The molecule has 1 atom stereocenters. The van der Waals surface area contributed by atoms with E-state index in [1.807, 2.05) is 0 Å². The van der Waals surface area contributed by atoms with Crippen LogP contribution in [0.25, 0.3) is 0 Å². The maximum Gasteiger partial charge on any atom is 0.224 e. The summed E-state index contributed by atoms with van der Waals surface area (Å²) < 4.78 is 0. The molecule has 5 heteroatoms. The maximum atomic E-state index is 12.7. The standard InChI is InChI=1S/C27H38N4O/c32-27(25-12-9-17-30(23-25)22-24-10-3-1-4-11-24)28-15-7-8-16-29-18-20-31(21-19-29)26-13-5-2-6-14-26/h1-6,10-11,13-14,25H,7-9,12,15-23H2,(H,28,32). The molecule has 4 rings (SSSR count). The Kier molecular flexibility index (Phi) is 8.57. The molecule has 2 aliphatic rings. The topological polar surface area (TPSA) is 38.8 Å². The molecule has 1 N–H and O–H groups in total. The Balaban J connectivity index is 1.08. The Hall–Kier alpha value is -2.37. The predicted octanol–water partition coefficient (Wildman–Crippen LogP) is 3.62. The van der Waals surface area contributed by atoms with Crippen LogP contribution in [0.5, 0.6) is 0 Å². The lowest BCUT2D eigenvalue weighted by molar-refractivity contribution is -0.126. The second-order valence-electron chi connectivity index (χ2n) is 9.22. The zero-order chi connectivity index (χ0) is 22.0. The smallest absolute Gasteiger partial charge is 0.224 e. The fourth-order valence-corrected chi connectivity index (χ4v) is 4.94. The third-order valence-corrected chi connectivity index (χ3v) is 6.82. The van der Waals surface area contributed by atoms with E-state index >= 15 is 0 Å². The summed E-state index contributed by atoms with van der Waals surface area (Å²) in [5, 5.41) is 3.21. The fourth-order valence-electron chi connectivity index (χ4n) is 4.94. The molecule has 1 unspecified atom stereocenters. The minimum Gasteiger partial charge on any atom is -0.369 e. The number of piperazine rings is 1. The molecule has 2 fully saturated rings. The van der Waals surface area contributed by atoms with Gasteiger partial charge < -0.3 is 10.2 Å². The molecule has 0 radical (unpaired) electrons. The Labute approximate surface area is 193 Å². The number of amides is 1. The molecule has 0 bridgehead atoms. The highest BCUT2D eigenvalue weighted by atomic mass is 16.1. The van der Waals surface area contributed by atoms with Crippen LogP contribution >= 0.6 is 0 Å². The molecule has 2 heterocycles. The number of rotatable bonds is 9. The Morgan fingerprint density at radius 3 is 2.31 bits per heavy atom. The van der Waals surface area contributed by atoms with Crippen LogP contribution in [0.2, 0.25) is 0 Å². The van der Waals surface area contributed by atoms with E-state index in [0.29, 0.717) is 0 Å². The molecular formula is C27H38N4O. The Morgan fingerprint density at radius 2 is 1.56 bits per heavy atom. The number of unbranched alkanes of at least 4 members (excludes halogenated alkanes) is 1. The highest BCUT2D eigenvalue weighted by Crippen LogP contribution is 2.19. The lowest BCUT2D eigenvalue weighted by Gasteiger charge is -2.36. The number of nitrogens with one attached hydrogen (secondary N) is 1. The summed E-state index contributed by atoms with van der Waals surface area (Å²) in [7, 11) is 0. The average molecular weight is 435 g/mol. The normalized spacial score (nSPS) is 20.2. The van der Waals surface area contributed by atoms with Crippen LogP contribution in [0.15, 0.2) is 60.7 Å². The first-order valence-electron chi connectivity index (χ1n) is 12.3. The molecule has 172 valence electrons. The number of para-hydroxylation sites is 1. The summed E-state index contributed by atoms with van der Waals surface area (Å²) in [5.41, 5.74) is 2.66. The zero-order valence-electron chi connectivity index (χ0n) is 19.3. The summed E-state index contributed by atoms with van der Waals surface area (Å²) in [5.74, 6) is 0.387. The van der Waals surface area contributed by atoms with Crippen molar-refractivity contribution >= 4 is 11.6 Å². The van der Waals surface area contributed by atoms with Crippen molar-refractivity contribution in [3.05, 3.63) is 66.2 Å². The molecule has 0 saturated carbocycles. The number of carbonyl (C=O) groups excluding carboxylic acids is 1. The molecule has 2 aromatic carbocycles. The van der Waals surface area contributed by atoms with E-state index < -0.39 is 0 Å². The van der Waals surface area contributed by atoms with Crippen molar-refractivity contribution in [3.8, 4) is 0 Å². The van der Waals surface area contributed by atoms with E-state index in [2.05, 4.69) is 80.7 Å². The van der Waals surface area contributed by atoms with E-state index in [-0.39, 0.29) is 11.8 Å². The average Bonchev–Trinajstić information content (AvgIpc) is 2.85. The van der Waals surface area contributed by atoms with Crippen LogP contribution in [0.1, 0.15) is 31.2 Å². The van der Waals surface area contributed by atoms with Gasteiger partial charge in [-0.25, -0.2) is 0 Å². The summed E-state index contributed by atoms with van der Waals surface area (Å²) in [6.45, 7) is 9.31.